The van der Waals surface area contributed by atoms with E-state index in [1.807, 2.05) is 12.1 Å². The highest BCUT2D eigenvalue weighted by atomic mass is 16.5. The van der Waals surface area contributed by atoms with Crippen molar-refractivity contribution in [1.82, 2.24) is 0 Å². The highest BCUT2D eigenvalue weighted by Crippen LogP contribution is 2.45. The molecule has 0 bridgehead atoms. The first kappa shape index (κ1) is 13.3. The van der Waals surface area contributed by atoms with Gasteiger partial charge in [0.2, 0.25) is 0 Å². The van der Waals surface area contributed by atoms with Crippen molar-refractivity contribution < 1.29 is 13.9 Å². The summed E-state index contributed by atoms with van der Waals surface area (Å²) in [6, 6.07) is 3.91. The third-order valence-electron chi connectivity index (χ3n) is 4.10. The maximum atomic E-state index is 5.86. The van der Waals surface area contributed by atoms with Gasteiger partial charge in [-0.05, 0) is 32.1 Å². The molecule has 1 aromatic rings. The summed E-state index contributed by atoms with van der Waals surface area (Å²) in [4.78, 5) is 4.75. The molecule has 0 saturated heterocycles. The molecule has 0 radical (unpaired) electrons. The number of hydrogen-bond donors (Lipinski definition) is 0. The van der Waals surface area contributed by atoms with Crippen LogP contribution in [0.4, 0.5) is 0 Å². The van der Waals surface area contributed by atoms with Crippen molar-refractivity contribution in [2.75, 3.05) is 13.7 Å². The topological polar surface area (TPSA) is 44.0 Å². The first-order valence-electron chi connectivity index (χ1n) is 7.03. The third-order valence-corrected chi connectivity index (χ3v) is 4.10. The molecule has 2 heterocycles. The van der Waals surface area contributed by atoms with Crippen LogP contribution in [-0.2, 0) is 9.47 Å². The first-order chi connectivity index (χ1) is 9.52. The summed E-state index contributed by atoms with van der Waals surface area (Å²) >= 11 is 0. The number of hydrogen-bond acceptors (Lipinski definition) is 4. The highest BCUT2D eigenvalue weighted by molar-refractivity contribution is 5.83. The summed E-state index contributed by atoms with van der Waals surface area (Å²) < 4.78 is 17.0. The van der Waals surface area contributed by atoms with Crippen molar-refractivity contribution in [1.29, 1.82) is 0 Å². The van der Waals surface area contributed by atoms with Gasteiger partial charge in [-0.1, -0.05) is 6.92 Å². The molecule has 0 amide bonds. The van der Waals surface area contributed by atoms with E-state index >= 15 is 0 Å². The van der Waals surface area contributed by atoms with Gasteiger partial charge in [-0.2, -0.15) is 0 Å². The normalized spacial score (nSPS) is 31.7. The lowest BCUT2D eigenvalue weighted by molar-refractivity contribution is 0.223. The van der Waals surface area contributed by atoms with Gasteiger partial charge in [0.15, 0.2) is 5.90 Å². The molecular formula is C16H21NO3. The van der Waals surface area contributed by atoms with Gasteiger partial charge in [-0.15, -0.1) is 0 Å². The minimum absolute atomic E-state index is 0.127. The lowest BCUT2D eigenvalue weighted by atomic mass is 9.87. The molecular weight excluding hydrogens is 254 g/mol. The highest BCUT2D eigenvalue weighted by Gasteiger charge is 2.44. The predicted octanol–water partition coefficient (Wildman–Crippen LogP) is 3.37. The minimum Gasteiger partial charge on any atom is -0.501 e. The van der Waals surface area contributed by atoms with Gasteiger partial charge in [0, 0.05) is 5.92 Å². The van der Waals surface area contributed by atoms with Crippen LogP contribution in [0.2, 0.25) is 0 Å². The van der Waals surface area contributed by atoms with Gasteiger partial charge in [0.25, 0.3) is 0 Å². The molecule has 3 rings (SSSR count). The van der Waals surface area contributed by atoms with Gasteiger partial charge in [0.1, 0.15) is 12.4 Å². The SMILES string of the molecule is COC1=C[C@@H](c2ccco2)[C@H](C2=NC(C)(C)CO2)[C@H]1C. The maximum absolute atomic E-state index is 5.86. The van der Waals surface area contributed by atoms with Gasteiger partial charge in [0.05, 0.1) is 36.5 Å². The molecule has 4 heteroatoms. The minimum atomic E-state index is -0.140. The Morgan fingerprint density at radius 1 is 1.40 bits per heavy atom. The van der Waals surface area contributed by atoms with E-state index in [-0.39, 0.29) is 23.3 Å². The van der Waals surface area contributed by atoms with E-state index in [1.54, 1.807) is 13.4 Å². The second-order valence-electron chi connectivity index (χ2n) is 6.18. The van der Waals surface area contributed by atoms with Crippen LogP contribution in [0.5, 0.6) is 0 Å². The maximum Gasteiger partial charge on any atom is 0.188 e. The molecule has 0 spiro atoms. The van der Waals surface area contributed by atoms with Crippen molar-refractivity contribution in [3.05, 3.63) is 36.0 Å². The fourth-order valence-electron chi connectivity index (χ4n) is 3.07. The molecule has 0 saturated carbocycles. The largest absolute Gasteiger partial charge is 0.501 e. The van der Waals surface area contributed by atoms with E-state index in [0.29, 0.717) is 6.61 Å². The van der Waals surface area contributed by atoms with Crippen molar-refractivity contribution in [2.24, 2.45) is 16.8 Å². The Morgan fingerprint density at radius 2 is 2.20 bits per heavy atom. The molecule has 4 nitrogen and oxygen atoms in total. The molecule has 2 aliphatic rings. The zero-order valence-electron chi connectivity index (χ0n) is 12.4. The summed E-state index contributed by atoms with van der Waals surface area (Å²) in [5.41, 5.74) is -0.140. The molecule has 0 unspecified atom stereocenters. The number of allylic oxidation sites excluding steroid dienone is 2. The Balaban J connectivity index is 1.96. The number of ether oxygens (including phenoxy) is 2. The fraction of sp³-hybridized carbons (Fsp3) is 0.562. The molecule has 20 heavy (non-hydrogen) atoms. The summed E-state index contributed by atoms with van der Waals surface area (Å²) in [7, 11) is 1.71. The number of nitrogens with zero attached hydrogens (tertiary/aromatic N) is 1. The Bertz CT molecular complexity index is 542. The number of furan rings is 1. The van der Waals surface area contributed by atoms with Crippen LogP contribution in [-0.4, -0.2) is 25.2 Å². The van der Waals surface area contributed by atoms with E-state index in [0.717, 1.165) is 17.4 Å². The first-order valence-corrected chi connectivity index (χ1v) is 7.03. The Labute approximate surface area is 119 Å². The summed E-state index contributed by atoms with van der Waals surface area (Å²) in [5, 5.41) is 0. The Kier molecular flexibility index (Phi) is 3.11. The van der Waals surface area contributed by atoms with Crippen molar-refractivity contribution in [3.8, 4) is 0 Å². The Morgan fingerprint density at radius 3 is 2.75 bits per heavy atom. The molecule has 0 fully saturated rings. The summed E-state index contributed by atoms with van der Waals surface area (Å²) in [6.45, 7) is 6.97. The molecule has 3 atom stereocenters. The lowest BCUT2D eigenvalue weighted by Gasteiger charge is -2.21. The average Bonchev–Trinajstić information content (AvgIpc) is 3.08. The second-order valence-corrected chi connectivity index (χ2v) is 6.18. The van der Waals surface area contributed by atoms with Gasteiger partial charge < -0.3 is 13.9 Å². The Hall–Kier alpha value is -1.71. The predicted molar refractivity (Wildman–Crippen MR) is 76.7 cm³/mol. The summed E-state index contributed by atoms with van der Waals surface area (Å²) in [6.07, 6.45) is 3.84. The standard InChI is InChI=1S/C16H21NO3/c1-10-13(18-4)8-11(12-6-5-7-19-12)14(10)15-17-16(2,3)9-20-15/h5-8,10-11,14H,9H2,1-4H3/t10-,11-,14+/m0/s1. The van der Waals surface area contributed by atoms with Crippen LogP contribution < -0.4 is 0 Å². The number of aliphatic imine (C=N–C) groups is 1. The van der Waals surface area contributed by atoms with Gasteiger partial charge in [-0.25, -0.2) is 4.99 Å². The number of rotatable bonds is 3. The van der Waals surface area contributed by atoms with Gasteiger partial charge >= 0.3 is 0 Å². The zero-order valence-corrected chi connectivity index (χ0v) is 12.4. The average molecular weight is 275 g/mol. The smallest absolute Gasteiger partial charge is 0.188 e. The van der Waals surface area contributed by atoms with E-state index in [1.165, 1.54) is 0 Å². The fourth-order valence-corrected chi connectivity index (χ4v) is 3.07. The van der Waals surface area contributed by atoms with Crippen LogP contribution in [0.25, 0.3) is 0 Å². The lowest BCUT2D eigenvalue weighted by Crippen LogP contribution is -2.24. The molecule has 108 valence electrons. The zero-order chi connectivity index (χ0) is 14.3. The van der Waals surface area contributed by atoms with E-state index < -0.39 is 0 Å². The van der Waals surface area contributed by atoms with Crippen LogP contribution >= 0.6 is 0 Å². The van der Waals surface area contributed by atoms with Crippen LogP contribution in [0, 0.1) is 11.8 Å². The molecule has 0 aromatic carbocycles. The van der Waals surface area contributed by atoms with E-state index in [2.05, 4.69) is 26.8 Å². The monoisotopic (exact) mass is 275 g/mol. The van der Waals surface area contributed by atoms with E-state index in [4.69, 9.17) is 18.9 Å². The van der Waals surface area contributed by atoms with Gasteiger partial charge in [-0.3, -0.25) is 0 Å². The molecule has 1 aliphatic carbocycles. The van der Waals surface area contributed by atoms with Crippen molar-refractivity contribution in [3.63, 3.8) is 0 Å². The summed E-state index contributed by atoms with van der Waals surface area (Å²) in [5.74, 6) is 3.26. The molecule has 1 aromatic heterocycles. The third kappa shape index (κ3) is 2.13. The van der Waals surface area contributed by atoms with Crippen molar-refractivity contribution in [2.45, 2.75) is 32.2 Å². The quantitative estimate of drug-likeness (QED) is 0.849. The van der Waals surface area contributed by atoms with Crippen LogP contribution in [0.1, 0.15) is 32.4 Å². The number of methoxy groups -OCH3 is 1. The van der Waals surface area contributed by atoms with Crippen LogP contribution in [0.3, 0.4) is 0 Å². The van der Waals surface area contributed by atoms with E-state index in [9.17, 15) is 0 Å². The van der Waals surface area contributed by atoms with Crippen molar-refractivity contribution >= 4 is 5.90 Å². The molecule has 1 aliphatic heterocycles. The second kappa shape index (κ2) is 4.69. The van der Waals surface area contributed by atoms with Crippen LogP contribution in [0.15, 0.2) is 39.6 Å². The molecule has 0 N–H and O–H groups in total.